The van der Waals surface area contributed by atoms with Gasteiger partial charge in [-0.15, -0.1) is 0 Å². The third kappa shape index (κ3) is 5.81. The first kappa shape index (κ1) is 26.5. The van der Waals surface area contributed by atoms with Crippen molar-refractivity contribution in [3.05, 3.63) is 47.5 Å². The number of benzene rings is 1. The first-order chi connectivity index (χ1) is 18.4. The zero-order valence-electron chi connectivity index (χ0n) is 22.0. The van der Waals surface area contributed by atoms with Crippen LogP contribution in [0.15, 0.2) is 30.3 Å². The molecule has 8 nitrogen and oxygen atoms in total. The van der Waals surface area contributed by atoms with E-state index in [-0.39, 0.29) is 18.1 Å². The van der Waals surface area contributed by atoms with Crippen LogP contribution in [0, 0.1) is 5.82 Å². The van der Waals surface area contributed by atoms with Gasteiger partial charge in [0.15, 0.2) is 10.8 Å². The minimum atomic E-state index is -0.423. The van der Waals surface area contributed by atoms with Crippen LogP contribution in [0.5, 0.6) is 0 Å². The number of nitrogens with zero attached hydrogens (tertiary/aromatic N) is 4. The van der Waals surface area contributed by atoms with Gasteiger partial charge in [-0.3, -0.25) is 4.79 Å². The predicted octanol–water partition coefficient (Wildman–Crippen LogP) is 4.97. The number of halogens is 1. The van der Waals surface area contributed by atoms with Crippen molar-refractivity contribution in [2.75, 3.05) is 25.0 Å². The molecule has 202 valence electrons. The summed E-state index contributed by atoms with van der Waals surface area (Å²) in [7, 11) is 0. The van der Waals surface area contributed by atoms with Crippen molar-refractivity contribution in [2.45, 2.75) is 70.9 Å². The summed E-state index contributed by atoms with van der Waals surface area (Å²) >= 11 is 5.35. The summed E-state index contributed by atoms with van der Waals surface area (Å²) < 4.78 is 22.5. The largest absolute Gasteiger partial charge is 0.376 e. The summed E-state index contributed by atoms with van der Waals surface area (Å²) in [6, 6.07) is 8.60. The fourth-order valence-corrected chi connectivity index (χ4v) is 5.44. The normalized spacial score (nSPS) is 19.9. The summed E-state index contributed by atoms with van der Waals surface area (Å²) in [5.74, 6) is -0.474. The van der Waals surface area contributed by atoms with Crippen LogP contribution in [0.2, 0.25) is 0 Å². The van der Waals surface area contributed by atoms with E-state index >= 15 is 4.39 Å². The Kier molecular flexibility index (Phi) is 8.18. The summed E-state index contributed by atoms with van der Waals surface area (Å²) in [5, 5.41) is 11.2. The lowest BCUT2D eigenvalue weighted by Gasteiger charge is -2.27. The van der Waals surface area contributed by atoms with E-state index in [0.717, 1.165) is 57.4 Å². The smallest absolute Gasteiger partial charge is 0.272 e. The molecule has 2 aliphatic heterocycles. The summed E-state index contributed by atoms with van der Waals surface area (Å²) in [4.78, 5) is 20.0. The van der Waals surface area contributed by atoms with Crippen molar-refractivity contribution < 1.29 is 13.9 Å². The minimum absolute atomic E-state index is 0.0509. The van der Waals surface area contributed by atoms with Crippen molar-refractivity contribution in [2.24, 2.45) is 0 Å². The lowest BCUT2D eigenvalue weighted by Crippen LogP contribution is -2.38. The van der Waals surface area contributed by atoms with E-state index in [9.17, 15) is 4.79 Å². The number of thiocarbonyl (C=S) groups is 1. The van der Waals surface area contributed by atoms with Crippen LogP contribution in [0.25, 0.3) is 16.9 Å². The standard InChI is InChI=1S/C28H35FN6O2S/c1-3-20-15-25(27(36)34-12-6-4-5-8-18(34)2)32-26-16-24(33-35(20)26)22-11-10-19(14-23(22)29)31-28(38)30-17-21-9-7-13-37-21/h10-11,14-16,18,21H,3-9,12-13,17H2,1-2H3,(H2,30,31,38). The maximum atomic E-state index is 15.2. The van der Waals surface area contributed by atoms with Gasteiger partial charge in [0.2, 0.25) is 0 Å². The van der Waals surface area contributed by atoms with Crippen molar-refractivity contribution in [3.63, 3.8) is 0 Å². The van der Waals surface area contributed by atoms with Gasteiger partial charge in [-0.2, -0.15) is 5.10 Å². The molecule has 2 saturated heterocycles. The van der Waals surface area contributed by atoms with E-state index in [0.29, 0.717) is 46.4 Å². The number of likely N-dealkylation sites (tertiary alicyclic amines) is 1. The number of anilines is 1. The quantitative estimate of drug-likeness (QED) is 0.429. The summed E-state index contributed by atoms with van der Waals surface area (Å²) in [6.45, 7) is 6.27. The first-order valence-electron chi connectivity index (χ1n) is 13.6. The zero-order chi connectivity index (χ0) is 26.6. The van der Waals surface area contributed by atoms with Crippen LogP contribution in [0.4, 0.5) is 10.1 Å². The van der Waals surface area contributed by atoms with Crippen LogP contribution in [-0.2, 0) is 11.2 Å². The number of amides is 1. The molecule has 2 N–H and O–H groups in total. The van der Waals surface area contributed by atoms with E-state index in [1.165, 1.54) is 6.07 Å². The second-order valence-corrected chi connectivity index (χ2v) is 10.6. The minimum Gasteiger partial charge on any atom is -0.376 e. The molecule has 1 aromatic carbocycles. The van der Waals surface area contributed by atoms with Crippen LogP contribution >= 0.6 is 12.2 Å². The van der Waals surface area contributed by atoms with Crippen molar-refractivity contribution in [3.8, 4) is 11.3 Å². The monoisotopic (exact) mass is 538 g/mol. The predicted molar refractivity (Wildman–Crippen MR) is 150 cm³/mol. The molecule has 3 aromatic rings. The third-order valence-electron chi connectivity index (χ3n) is 7.41. The summed E-state index contributed by atoms with van der Waals surface area (Å²) in [5.41, 5.74) is 3.17. The average molecular weight is 539 g/mol. The molecule has 38 heavy (non-hydrogen) atoms. The van der Waals surface area contributed by atoms with E-state index in [1.54, 1.807) is 22.7 Å². The Morgan fingerprint density at radius 2 is 2.05 bits per heavy atom. The number of aryl methyl sites for hydroxylation is 1. The second-order valence-electron chi connectivity index (χ2n) is 10.1. The van der Waals surface area contributed by atoms with Gasteiger partial charge in [0, 0.05) is 48.7 Å². The molecule has 10 heteroatoms. The van der Waals surface area contributed by atoms with Crippen LogP contribution < -0.4 is 10.6 Å². The Bertz CT molecular complexity index is 1320. The molecule has 0 saturated carbocycles. The van der Waals surface area contributed by atoms with E-state index in [2.05, 4.69) is 27.6 Å². The molecule has 2 atom stereocenters. The van der Waals surface area contributed by atoms with Crippen LogP contribution in [-0.4, -0.2) is 62.4 Å². The van der Waals surface area contributed by atoms with Gasteiger partial charge in [0.05, 0.1) is 11.8 Å². The number of ether oxygens (including phenoxy) is 1. The van der Waals surface area contributed by atoms with Gasteiger partial charge in [-0.1, -0.05) is 19.8 Å². The van der Waals surface area contributed by atoms with E-state index < -0.39 is 5.82 Å². The molecule has 0 radical (unpaired) electrons. The second kappa shape index (κ2) is 11.7. The summed E-state index contributed by atoms with van der Waals surface area (Å²) in [6.07, 6.45) is 7.20. The maximum Gasteiger partial charge on any atom is 0.272 e. The number of carbonyl (C=O) groups is 1. The lowest BCUT2D eigenvalue weighted by atomic mass is 10.1. The Morgan fingerprint density at radius 3 is 2.82 bits per heavy atom. The van der Waals surface area contributed by atoms with Gasteiger partial charge >= 0.3 is 0 Å². The maximum absolute atomic E-state index is 15.2. The van der Waals surface area contributed by atoms with Crippen molar-refractivity contribution >= 4 is 34.6 Å². The van der Waals surface area contributed by atoms with Gasteiger partial charge < -0.3 is 20.3 Å². The van der Waals surface area contributed by atoms with Gasteiger partial charge in [-0.05, 0) is 75.5 Å². The number of carbonyl (C=O) groups excluding carboxylic acids is 1. The highest BCUT2D eigenvalue weighted by Crippen LogP contribution is 2.27. The molecule has 0 bridgehead atoms. The lowest BCUT2D eigenvalue weighted by molar-refractivity contribution is 0.0691. The fourth-order valence-electron chi connectivity index (χ4n) is 5.24. The van der Waals surface area contributed by atoms with E-state index in [4.69, 9.17) is 17.0 Å². The zero-order valence-corrected chi connectivity index (χ0v) is 22.8. The molecule has 5 rings (SSSR count). The molecule has 2 fully saturated rings. The highest BCUT2D eigenvalue weighted by atomic mass is 32.1. The number of aromatic nitrogens is 3. The topological polar surface area (TPSA) is 83.8 Å². The van der Waals surface area contributed by atoms with Crippen LogP contribution in [0.1, 0.15) is 68.6 Å². The Morgan fingerprint density at radius 1 is 1.18 bits per heavy atom. The van der Waals surface area contributed by atoms with Crippen molar-refractivity contribution in [1.82, 2.24) is 24.8 Å². The number of hydrogen-bond donors (Lipinski definition) is 2. The molecular weight excluding hydrogens is 503 g/mol. The van der Waals surface area contributed by atoms with Crippen LogP contribution in [0.3, 0.4) is 0 Å². The number of rotatable bonds is 6. The Labute approximate surface area is 228 Å². The number of nitrogens with one attached hydrogen (secondary N) is 2. The average Bonchev–Trinajstić information content (AvgIpc) is 3.53. The van der Waals surface area contributed by atoms with Gasteiger partial charge in [0.25, 0.3) is 5.91 Å². The number of hydrogen-bond acceptors (Lipinski definition) is 5. The highest BCUT2D eigenvalue weighted by Gasteiger charge is 2.25. The fraction of sp³-hybridized carbons (Fsp3) is 0.500. The Balaban J connectivity index is 1.35. The Hall–Kier alpha value is -3.11. The van der Waals surface area contributed by atoms with Gasteiger partial charge in [0.1, 0.15) is 11.5 Å². The van der Waals surface area contributed by atoms with Gasteiger partial charge in [-0.25, -0.2) is 13.9 Å². The molecule has 1 amide bonds. The molecular formula is C28H35FN6O2S. The molecule has 0 spiro atoms. The third-order valence-corrected chi connectivity index (χ3v) is 7.66. The van der Waals surface area contributed by atoms with E-state index in [1.807, 2.05) is 17.9 Å². The van der Waals surface area contributed by atoms with Crippen molar-refractivity contribution in [1.29, 1.82) is 0 Å². The SMILES string of the molecule is CCc1cc(C(=O)N2CCCCCC2C)nc2cc(-c3ccc(NC(=S)NCC4CCCO4)cc3F)nn12. The molecule has 2 unspecified atom stereocenters. The molecule has 2 aromatic heterocycles. The number of fused-ring (bicyclic) bond motifs is 1. The first-order valence-corrected chi connectivity index (χ1v) is 14.0. The molecule has 0 aliphatic carbocycles. The highest BCUT2D eigenvalue weighted by molar-refractivity contribution is 7.80. The molecule has 4 heterocycles. The molecule has 2 aliphatic rings.